The third-order valence-electron chi connectivity index (χ3n) is 3.41. The number of carbonyl (C=O) groups is 2. The molecule has 136 valence electrons. The molecular weight excluding hydrogens is 404 g/mol. The molecule has 2 rings (SSSR count). The molecule has 0 unspecified atom stereocenters. The van der Waals surface area contributed by atoms with Gasteiger partial charge in [-0.05, 0) is 45.8 Å². The van der Waals surface area contributed by atoms with Gasteiger partial charge < -0.3 is 26.7 Å². The molecule has 0 radical (unpaired) electrons. The summed E-state index contributed by atoms with van der Waals surface area (Å²) < 4.78 is 0.451. The highest BCUT2D eigenvalue weighted by Gasteiger charge is 2.15. The molecule has 8 nitrogen and oxygen atoms in total. The average Bonchev–Trinajstić information content (AvgIpc) is 2.62. The van der Waals surface area contributed by atoms with Gasteiger partial charge in [0.15, 0.2) is 0 Å². The molecule has 0 saturated heterocycles. The second-order valence-electron chi connectivity index (χ2n) is 5.33. The van der Waals surface area contributed by atoms with Gasteiger partial charge in [0.1, 0.15) is 11.5 Å². The number of aromatic hydroxyl groups is 1. The number of halogens is 1. The van der Waals surface area contributed by atoms with Crippen LogP contribution in [0.3, 0.4) is 0 Å². The zero-order valence-electron chi connectivity index (χ0n) is 13.6. The van der Waals surface area contributed by atoms with Crippen LogP contribution < -0.4 is 16.4 Å². The Morgan fingerprint density at radius 2 is 1.92 bits per heavy atom. The van der Waals surface area contributed by atoms with Crippen molar-refractivity contribution in [3.63, 3.8) is 0 Å². The van der Waals surface area contributed by atoms with Crippen molar-refractivity contribution in [3.8, 4) is 5.75 Å². The molecule has 0 aromatic heterocycles. The van der Waals surface area contributed by atoms with E-state index in [0.717, 1.165) is 0 Å². The van der Waals surface area contributed by atoms with E-state index in [4.69, 9.17) is 10.9 Å². The zero-order chi connectivity index (χ0) is 19.1. The van der Waals surface area contributed by atoms with E-state index in [2.05, 4.69) is 31.7 Å². The number of amides is 2. The van der Waals surface area contributed by atoms with Gasteiger partial charge in [0.2, 0.25) is 5.91 Å². The van der Waals surface area contributed by atoms with Crippen LogP contribution in [0.5, 0.6) is 5.75 Å². The molecule has 0 aliphatic carbocycles. The number of phenolic OH excluding ortho intramolecular Hbond substituents is 1. The molecule has 26 heavy (non-hydrogen) atoms. The number of hydrogen-bond acceptors (Lipinski definition) is 6. The molecule has 9 heteroatoms. The number of carbonyl (C=O) groups excluding carboxylic acids is 2. The zero-order valence-corrected chi connectivity index (χ0v) is 15.2. The molecule has 0 aliphatic rings. The lowest BCUT2D eigenvalue weighted by atomic mass is 10.1. The number of nitrogen functional groups attached to an aromatic ring is 1. The molecule has 0 atom stereocenters. The first-order chi connectivity index (χ1) is 12.4. The van der Waals surface area contributed by atoms with Gasteiger partial charge in [-0.1, -0.05) is 23.4 Å². The van der Waals surface area contributed by atoms with E-state index in [0.29, 0.717) is 21.4 Å². The summed E-state index contributed by atoms with van der Waals surface area (Å²) in [5, 5.41) is 26.5. The van der Waals surface area contributed by atoms with Gasteiger partial charge in [0.25, 0.3) is 5.91 Å². The van der Waals surface area contributed by atoms with Crippen molar-refractivity contribution < 1.29 is 19.9 Å². The Labute approximate surface area is 157 Å². The average molecular weight is 421 g/mol. The molecule has 6 N–H and O–H groups in total. The second-order valence-corrected chi connectivity index (χ2v) is 6.18. The summed E-state index contributed by atoms with van der Waals surface area (Å²) in [7, 11) is 0. The topological polar surface area (TPSA) is 137 Å². The third-order valence-corrected chi connectivity index (χ3v) is 4.05. The SMILES string of the molecule is Nc1ccccc1NC(=O)CNC(=O)/C(Cc1ccc(O)c(Br)c1)=N/O. The van der Waals surface area contributed by atoms with Crippen LogP contribution in [0.1, 0.15) is 5.56 Å². The molecule has 2 aromatic carbocycles. The Balaban J connectivity index is 1.91. The maximum atomic E-state index is 12.1. The Hall–Kier alpha value is -3.07. The highest BCUT2D eigenvalue weighted by Crippen LogP contribution is 2.24. The Morgan fingerprint density at radius 3 is 2.58 bits per heavy atom. The Kier molecular flexibility index (Phi) is 6.56. The number of hydrogen-bond donors (Lipinski definition) is 5. The first-order valence-electron chi connectivity index (χ1n) is 7.51. The summed E-state index contributed by atoms with van der Waals surface area (Å²) in [5.41, 5.74) is 7.04. The molecule has 2 aromatic rings. The number of rotatable bonds is 6. The van der Waals surface area contributed by atoms with Crippen molar-refractivity contribution >= 4 is 44.8 Å². The normalized spacial score (nSPS) is 11.0. The summed E-state index contributed by atoms with van der Waals surface area (Å²) in [6.45, 7) is -0.314. The Bertz CT molecular complexity index is 854. The second kappa shape index (κ2) is 8.86. The number of phenols is 1. The summed E-state index contributed by atoms with van der Waals surface area (Å²) in [4.78, 5) is 24.0. The number of nitrogens with one attached hydrogen (secondary N) is 2. The van der Waals surface area contributed by atoms with E-state index in [1.54, 1.807) is 36.4 Å². The van der Waals surface area contributed by atoms with Crippen LogP contribution in [0.4, 0.5) is 11.4 Å². The van der Waals surface area contributed by atoms with Gasteiger partial charge in [-0.2, -0.15) is 0 Å². The van der Waals surface area contributed by atoms with E-state index in [1.807, 2.05) is 0 Å². The maximum Gasteiger partial charge on any atom is 0.269 e. The molecule has 0 bridgehead atoms. The lowest BCUT2D eigenvalue weighted by Gasteiger charge is -2.10. The number of nitrogens with two attached hydrogens (primary N) is 1. The van der Waals surface area contributed by atoms with Gasteiger partial charge in [-0.15, -0.1) is 0 Å². The van der Waals surface area contributed by atoms with E-state index >= 15 is 0 Å². The van der Waals surface area contributed by atoms with Crippen LogP contribution in [-0.4, -0.2) is 34.4 Å². The standard InChI is InChI=1S/C17H17BrN4O4/c18-11-7-10(5-6-15(11)23)8-14(22-26)17(25)20-9-16(24)21-13-4-2-1-3-12(13)19/h1-7,23,26H,8-9,19H2,(H,20,25)(H,21,24)/b22-14+. The van der Waals surface area contributed by atoms with Gasteiger partial charge >= 0.3 is 0 Å². The van der Waals surface area contributed by atoms with Crippen LogP contribution in [0.25, 0.3) is 0 Å². The predicted octanol–water partition coefficient (Wildman–Crippen LogP) is 1.86. The smallest absolute Gasteiger partial charge is 0.269 e. The van der Waals surface area contributed by atoms with E-state index in [-0.39, 0.29) is 24.4 Å². The molecular formula is C17H17BrN4O4. The number of benzene rings is 2. The van der Waals surface area contributed by atoms with Crippen LogP contribution in [0.15, 0.2) is 52.1 Å². The van der Waals surface area contributed by atoms with Gasteiger partial charge in [-0.25, -0.2) is 0 Å². The minimum absolute atomic E-state index is 0.0223. The number of anilines is 2. The van der Waals surface area contributed by atoms with Crippen LogP contribution in [-0.2, 0) is 16.0 Å². The fourth-order valence-electron chi connectivity index (χ4n) is 2.08. The van der Waals surface area contributed by atoms with E-state index < -0.39 is 11.8 Å². The highest BCUT2D eigenvalue weighted by atomic mass is 79.9. The molecule has 0 spiro atoms. The lowest BCUT2D eigenvalue weighted by molar-refractivity contribution is -0.120. The molecule has 0 saturated carbocycles. The van der Waals surface area contributed by atoms with Crippen molar-refractivity contribution in [3.05, 3.63) is 52.5 Å². The largest absolute Gasteiger partial charge is 0.507 e. The molecule has 0 fully saturated rings. The molecule has 0 aliphatic heterocycles. The lowest BCUT2D eigenvalue weighted by Crippen LogP contribution is -2.38. The van der Waals surface area contributed by atoms with Crippen molar-refractivity contribution in [2.45, 2.75) is 6.42 Å². The maximum absolute atomic E-state index is 12.1. The van der Waals surface area contributed by atoms with Gasteiger partial charge in [-0.3, -0.25) is 9.59 Å². The number of para-hydroxylation sites is 2. The van der Waals surface area contributed by atoms with Crippen molar-refractivity contribution in [1.29, 1.82) is 0 Å². The van der Waals surface area contributed by atoms with Crippen molar-refractivity contribution in [2.75, 3.05) is 17.6 Å². The van der Waals surface area contributed by atoms with Crippen LogP contribution >= 0.6 is 15.9 Å². The fourth-order valence-corrected chi connectivity index (χ4v) is 2.51. The highest BCUT2D eigenvalue weighted by molar-refractivity contribution is 9.10. The molecule has 2 amide bonds. The van der Waals surface area contributed by atoms with Crippen molar-refractivity contribution in [1.82, 2.24) is 5.32 Å². The summed E-state index contributed by atoms with van der Waals surface area (Å²) in [6, 6.07) is 11.4. The van der Waals surface area contributed by atoms with E-state index in [9.17, 15) is 14.7 Å². The van der Waals surface area contributed by atoms with Crippen LogP contribution in [0.2, 0.25) is 0 Å². The third kappa shape index (κ3) is 5.21. The summed E-state index contributed by atoms with van der Waals surface area (Å²) in [5.74, 6) is -1.11. The Morgan fingerprint density at radius 1 is 1.19 bits per heavy atom. The summed E-state index contributed by atoms with van der Waals surface area (Å²) >= 11 is 3.17. The predicted molar refractivity (Wildman–Crippen MR) is 101 cm³/mol. The fraction of sp³-hybridized carbons (Fsp3) is 0.118. The minimum atomic E-state index is -0.687. The monoisotopic (exact) mass is 420 g/mol. The quantitative estimate of drug-likeness (QED) is 0.210. The van der Waals surface area contributed by atoms with Gasteiger partial charge in [0.05, 0.1) is 22.4 Å². The molecule has 0 heterocycles. The first kappa shape index (κ1) is 19.3. The number of nitrogens with zero attached hydrogens (tertiary/aromatic N) is 1. The first-order valence-corrected chi connectivity index (χ1v) is 8.31. The van der Waals surface area contributed by atoms with Gasteiger partial charge in [0, 0.05) is 6.42 Å². The minimum Gasteiger partial charge on any atom is -0.507 e. The van der Waals surface area contributed by atoms with Crippen molar-refractivity contribution in [2.24, 2.45) is 5.16 Å². The van der Waals surface area contributed by atoms with Crippen LogP contribution in [0, 0.1) is 0 Å². The summed E-state index contributed by atoms with van der Waals surface area (Å²) in [6.07, 6.45) is 0.0223. The number of oxime groups is 1. The van der Waals surface area contributed by atoms with E-state index in [1.165, 1.54) is 6.07 Å².